The van der Waals surface area contributed by atoms with Crippen molar-refractivity contribution in [2.75, 3.05) is 6.61 Å². The summed E-state index contributed by atoms with van der Waals surface area (Å²) in [4.78, 5) is 12.9. The van der Waals surface area contributed by atoms with Gasteiger partial charge in [0.1, 0.15) is 71.3 Å². The monoisotopic (exact) mass is 580 g/mol. The maximum absolute atomic E-state index is 12.9. The topological polar surface area (TPSA) is 225 Å². The molecule has 0 aliphatic carbocycles. The standard InChI is InChI=1S/C27H32O14/c1-10-20(32)23(35)25(41-26-24(36)22(34)21(33)18(9-28)40-26)27(37-10)38-13-6-14(30)19-15(31)8-16(39-17(19)7-13)11-2-4-12(29)5-3-11/h2-7,10,16,18,20-30,32-36H,8-9H2,1H3/t10-,16+,18-,20-,21-,22+,23+,24-,25-,26+,27+/m1/s1. The molecular weight excluding hydrogens is 548 g/mol. The van der Waals surface area contributed by atoms with Crippen LogP contribution in [0.15, 0.2) is 36.4 Å². The molecule has 2 aromatic rings. The molecule has 224 valence electrons. The van der Waals surface area contributed by atoms with E-state index in [9.17, 15) is 45.6 Å². The molecule has 0 radical (unpaired) electrons. The third-order valence-electron chi connectivity index (χ3n) is 7.42. The molecule has 0 bridgehead atoms. The summed E-state index contributed by atoms with van der Waals surface area (Å²) in [6, 6.07) is 8.57. The number of ketones is 1. The summed E-state index contributed by atoms with van der Waals surface area (Å²) in [6.07, 6.45) is -16.1. The van der Waals surface area contributed by atoms with Crippen molar-refractivity contribution in [1.82, 2.24) is 0 Å². The number of rotatable bonds is 6. The maximum Gasteiger partial charge on any atom is 0.229 e. The molecule has 5 rings (SSSR count). The van der Waals surface area contributed by atoms with Gasteiger partial charge in [0.25, 0.3) is 0 Å². The molecule has 2 saturated heterocycles. The van der Waals surface area contributed by atoms with Gasteiger partial charge < -0.3 is 64.5 Å². The Morgan fingerprint density at radius 3 is 2.27 bits per heavy atom. The zero-order valence-electron chi connectivity index (χ0n) is 21.8. The maximum atomic E-state index is 12.9. The van der Waals surface area contributed by atoms with Crippen LogP contribution in [0.1, 0.15) is 35.4 Å². The van der Waals surface area contributed by atoms with Crippen molar-refractivity contribution in [3.63, 3.8) is 0 Å². The number of phenols is 2. The Kier molecular flexibility index (Phi) is 8.39. The lowest BCUT2D eigenvalue weighted by Crippen LogP contribution is -2.64. The Morgan fingerprint density at radius 1 is 0.878 bits per heavy atom. The van der Waals surface area contributed by atoms with Crippen molar-refractivity contribution in [3.8, 4) is 23.0 Å². The van der Waals surface area contributed by atoms with Crippen LogP contribution >= 0.6 is 0 Å². The summed E-state index contributed by atoms with van der Waals surface area (Å²) in [6.45, 7) is 0.745. The van der Waals surface area contributed by atoms with Gasteiger partial charge in [-0.25, -0.2) is 0 Å². The molecule has 0 unspecified atom stereocenters. The Morgan fingerprint density at radius 2 is 1.59 bits per heavy atom. The second-order valence-corrected chi connectivity index (χ2v) is 10.2. The largest absolute Gasteiger partial charge is 0.508 e. The van der Waals surface area contributed by atoms with Crippen LogP contribution in [0.3, 0.4) is 0 Å². The molecule has 3 aliphatic rings. The van der Waals surface area contributed by atoms with Crippen LogP contribution in [-0.2, 0) is 14.2 Å². The first-order chi connectivity index (χ1) is 19.5. The summed E-state index contributed by atoms with van der Waals surface area (Å²) in [5.74, 6) is -0.853. The van der Waals surface area contributed by atoms with Crippen molar-refractivity contribution in [3.05, 3.63) is 47.5 Å². The van der Waals surface area contributed by atoms with Crippen molar-refractivity contribution in [2.24, 2.45) is 0 Å². The zero-order valence-corrected chi connectivity index (χ0v) is 21.8. The molecule has 11 atom stereocenters. The first-order valence-electron chi connectivity index (χ1n) is 13.0. The van der Waals surface area contributed by atoms with Crippen LogP contribution in [-0.4, -0.2) is 115 Å². The van der Waals surface area contributed by atoms with E-state index >= 15 is 0 Å². The minimum Gasteiger partial charge on any atom is -0.508 e. The van der Waals surface area contributed by atoms with Gasteiger partial charge in [-0.2, -0.15) is 0 Å². The average molecular weight is 581 g/mol. The lowest BCUT2D eigenvalue weighted by Gasteiger charge is -2.45. The second kappa shape index (κ2) is 11.7. The fraction of sp³-hybridized carbons (Fsp3) is 0.519. The van der Waals surface area contributed by atoms with Crippen molar-refractivity contribution >= 4 is 5.78 Å². The summed E-state index contributed by atoms with van der Waals surface area (Å²) >= 11 is 0. The third kappa shape index (κ3) is 5.70. The van der Waals surface area contributed by atoms with Crippen LogP contribution in [0.25, 0.3) is 0 Å². The number of phenolic OH excluding ortho intramolecular Hbond substituents is 2. The van der Waals surface area contributed by atoms with Crippen LogP contribution in [0, 0.1) is 0 Å². The smallest absolute Gasteiger partial charge is 0.229 e. The summed E-state index contributed by atoms with van der Waals surface area (Å²) in [5.41, 5.74) is 0.553. The van der Waals surface area contributed by atoms with E-state index < -0.39 is 85.7 Å². The molecule has 0 aromatic heterocycles. The number of carbonyl (C=O) groups is 1. The third-order valence-corrected chi connectivity index (χ3v) is 7.42. The SMILES string of the molecule is C[C@H]1O[C@@H](Oc2cc(O)c3c(c2)O[C@H](c2ccc(O)cc2)CC3=O)[C@H](O[C@@H]2O[C@H](CO)[C@@H](O)[C@H](O)[C@H]2O)[C@@H](O)[C@@H]1O. The van der Waals surface area contributed by atoms with E-state index in [-0.39, 0.29) is 29.2 Å². The molecule has 14 nitrogen and oxygen atoms in total. The molecule has 14 heteroatoms. The Bertz CT molecular complexity index is 1240. The highest BCUT2D eigenvalue weighted by molar-refractivity contribution is 6.02. The molecule has 41 heavy (non-hydrogen) atoms. The number of aliphatic hydroxyl groups excluding tert-OH is 6. The normalized spacial score (nSPS) is 37.2. The summed E-state index contributed by atoms with van der Waals surface area (Å²) in [5, 5.41) is 81.5. The zero-order chi connectivity index (χ0) is 29.6. The van der Waals surface area contributed by atoms with Crippen LogP contribution < -0.4 is 9.47 Å². The fourth-order valence-corrected chi connectivity index (χ4v) is 5.07. The first kappa shape index (κ1) is 29.4. The lowest BCUT2D eigenvalue weighted by atomic mass is 9.95. The minimum absolute atomic E-state index is 0.00479. The molecule has 2 fully saturated rings. The summed E-state index contributed by atoms with van der Waals surface area (Å²) < 4.78 is 28.6. The predicted molar refractivity (Wildman–Crippen MR) is 134 cm³/mol. The highest BCUT2D eigenvalue weighted by Crippen LogP contribution is 2.43. The Labute approximate surface area is 233 Å². The molecule has 0 saturated carbocycles. The van der Waals surface area contributed by atoms with E-state index in [1.54, 1.807) is 12.1 Å². The predicted octanol–water partition coefficient (Wildman–Crippen LogP) is -1.17. The van der Waals surface area contributed by atoms with Gasteiger partial charge in [0.05, 0.1) is 19.1 Å². The molecular formula is C27H32O14. The van der Waals surface area contributed by atoms with Gasteiger partial charge in [-0.15, -0.1) is 0 Å². The molecule has 2 aromatic carbocycles. The van der Waals surface area contributed by atoms with Crippen LogP contribution in [0.5, 0.6) is 23.0 Å². The number of fused-ring (bicyclic) bond motifs is 1. The van der Waals surface area contributed by atoms with E-state index in [1.807, 2.05) is 0 Å². The fourth-order valence-electron chi connectivity index (χ4n) is 5.07. The van der Waals surface area contributed by atoms with Crippen molar-refractivity contribution in [2.45, 2.75) is 80.9 Å². The molecule has 3 heterocycles. The van der Waals surface area contributed by atoms with Gasteiger partial charge in [-0.05, 0) is 24.6 Å². The minimum atomic E-state index is -1.80. The Hall–Kier alpha value is -3.05. The lowest BCUT2D eigenvalue weighted by molar-refractivity contribution is -0.355. The van der Waals surface area contributed by atoms with E-state index in [1.165, 1.54) is 25.1 Å². The molecule has 3 aliphatic heterocycles. The van der Waals surface area contributed by atoms with Gasteiger partial charge >= 0.3 is 0 Å². The highest BCUT2D eigenvalue weighted by atomic mass is 16.8. The average Bonchev–Trinajstić information content (AvgIpc) is 2.93. The van der Waals surface area contributed by atoms with Crippen LogP contribution in [0.2, 0.25) is 0 Å². The van der Waals surface area contributed by atoms with Gasteiger partial charge in [0.15, 0.2) is 18.2 Å². The van der Waals surface area contributed by atoms with Crippen LogP contribution in [0.4, 0.5) is 0 Å². The second-order valence-electron chi connectivity index (χ2n) is 10.2. The van der Waals surface area contributed by atoms with Gasteiger partial charge in [-0.1, -0.05) is 12.1 Å². The van der Waals surface area contributed by atoms with E-state index in [0.717, 1.165) is 6.07 Å². The Balaban J connectivity index is 1.40. The number of hydrogen-bond acceptors (Lipinski definition) is 14. The van der Waals surface area contributed by atoms with E-state index in [4.69, 9.17) is 23.7 Å². The highest BCUT2D eigenvalue weighted by Gasteiger charge is 2.50. The number of aromatic hydroxyl groups is 2. The van der Waals surface area contributed by atoms with Gasteiger partial charge in [0.2, 0.25) is 6.29 Å². The van der Waals surface area contributed by atoms with Gasteiger partial charge in [-0.3, -0.25) is 4.79 Å². The number of carbonyl (C=O) groups excluding carboxylic acids is 1. The number of aliphatic hydroxyl groups is 6. The molecule has 0 amide bonds. The summed E-state index contributed by atoms with van der Waals surface area (Å²) in [7, 11) is 0. The van der Waals surface area contributed by atoms with Crippen molar-refractivity contribution in [1.29, 1.82) is 0 Å². The number of Topliss-reactive ketones (excluding diaryl/α,β-unsaturated/α-hetero) is 1. The first-order valence-corrected chi connectivity index (χ1v) is 13.0. The molecule has 8 N–H and O–H groups in total. The van der Waals surface area contributed by atoms with Gasteiger partial charge in [0, 0.05) is 12.1 Å². The van der Waals surface area contributed by atoms with Crippen molar-refractivity contribution < 1.29 is 69.3 Å². The van der Waals surface area contributed by atoms with E-state index in [2.05, 4.69) is 0 Å². The quantitative estimate of drug-likeness (QED) is 0.202. The van der Waals surface area contributed by atoms with E-state index in [0.29, 0.717) is 5.56 Å². The number of benzene rings is 2. The number of ether oxygens (including phenoxy) is 5. The molecule has 0 spiro atoms. The number of hydrogen-bond donors (Lipinski definition) is 8.